The minimum atomic E-state index is -1.06. The predicted octanol–water partition coefficient (Wildman–Crippen LogP) is 4.20. The molecule has 1 aromatic carbocycles. The van der Waals surface area contributed by atoms with Crippen molar-refractivity contribution in [2.75, 3.05) is 6.54 Å². The van der Waals surface area contributed by atoms with Gasteiger partial charge in [-0.15, -0.1) is 0 Å². The van der Waals surface area contributed by atoms with Gasteiger partial charge in [0.25, 0.3) is 11.8 Å². The lowest BCUT2D eigenvalue weighted by Gasteiger charge is -2.37. The molecule has 1 saturated carbocycles. The van der Waals surface area contributed by atoms with E-state index in [0.29, 0.717) is 38.1 Å². The topological polar surface area (TPSA) is 130 Å². The molecule has 10 heteroatoms. The number of carbonyl (C=O) groups is 4. The van der Waals surface area contributed by atoms with Crippen LogP contribution in [0.5, 0.6) is 0 Å². The van der Waals surface area contributed by atoms with Gasteiger partial charge in [-0.25, -0.2) is 5.43 Å². The fourth-order valence-corrected chi connectivity index (χ4v) is 6.30. The minimum Gasteiger partial charge on any atom is -0.451 e. The summed E-state index contributed by atoms with van der Waals surface area (Å²) in [7, 11) is 0. The van der Waals surface area contributed by atoms with Crippen molar-refractivity contribution < 1.29 is 23.9 Å². The summed E-state index contributed by atoms with van der Waals surface area (Å²) in [6.45, 7) is 9.73. The number of hydrazine groups is 1. The molecule has 1 aliphatic carbocycles. The van der Waals surface area contributed by atoms with Gasteiger partial charge in [0.2, 0.25) is 5.91 Å². The lowest BCUT2D eigenvalue weighted by Crippen LogP contribution is -2.61. The largest absolute Gasteiger partial charge is 0.451 e. The molecule has 4 atom stereocenters. The first-order valence-electron chi connectivity index (χ1n) is 15.9. The highest BCUT2D eigenvalue weighted by Crippen LogP contribution is 2.42. The van der Waals surface area contributed by atoms with E-state index in [1.165, 1.54) is 5.01 Å². The molecule has 0 radical (unpaired) electrons. The van der Waals surface area contributed by atoms with Gasteiger partial charge in [-0.3, -0.25) is 29.2 Å². The first-order valence-corrected chi connectivity index (χ1v) is 15.9. The second-order valence-corrected chi connectivity index (χ2v) is 13.2. The quantitative estimate of drug-likeness (QED) is 0.417. The van der Waals surface area contributed by atoms with Crippen molar-refractivity contribution in [1.29, 1.82) is 0 Å². The van der Waals surface area contributed by atoms with Crippen molar-refractivity contribution in [1.82, 2.24) is 26.1 Å². The van der Waals surface area contributed by atoms with Gasteiger partial charge < -0.3 is 15.4 Å². The average Bonchev–Trinajstić information content (AvgIpc) is 3.01. The summed E-state index contributed by atoms with van der Waals surface area (Å²) in [5.74, 6) is -1.34. The molecule has 2 aromatic rings. The van der Waals surface area contributed by atoms with Crippen molar-refractivity contribution >= 4 is 40.7 Å². The number of nitrogens with one attached hydrogen (secondary N) is 3. The molecule has 2 fully saturated rings. The number of rotatable bonds is 1. The van der Waals surface area contributed by atoms with Gasteiger partial charge in [-0.05, 0) is 81.9 Å². The number of carbonyl (C=O) groups excluding carboxylic acids is 4. The van der Waals surface area contributed by atoms with Crippen molar-refractivity contribution in [2.45, 2.75) is 97.4 Å². The van der Waals surface area contributed by atoms with E-state index < -0.39 is 35.5 Å². The fraction of sp³-hybridized carbons (Fsp3) is 0.559. The highest BCUT2D eigenvalue weighted by Gasteiger charge is 2.43. The normalized spacial score (nSPS) is 31.5. The molecule has 5 bridgehead atoms. The average molecular weight is 604 g/mol. The number of esters is 1. The van der Waals surface area contributed by atoms with Crippen molar-refractivity contribution in [2.24, 2.45) is 17.3 Å². The molecule has 3 aliphatic rings. The molecular formula is C34H45N5O5. The lowest BCUT2D eigenvalue weighted by molar-refractivity contribution is -0.168. The van der Waals surface area contributed by atoms with E-state index in [9.17, 15) is 19.2 Å². The first kappa shape index (κ1) is 31.6. The van der Waals surface area contributed by atoms with E-state index in [0.717, 1.165) is 35.0 Å². The molecule has 0 unspecified atom stereocenters. The third-order valence-corrected chi connectivity index (χ3v) is 9.30. The molecule has 44 heavy (non-hydrogen) atoms. The Morgan fingerprint density at radius 1 is 0.932 bits per heavy atom. The second kappa shape index (κ2) is 13.1. The van der Waals surface area contributed by atoms with Crippen molar-refractivity contribution in [3.05, 3.63) is 47.7 Å². The number of benzene rings is 1. The summed E-state index contributed by atoms with van der Waals surface area (Å²) in [5, 5.41) is 8.18. The molecule has 5 rings (SSSR count). The second-order valence-electron chi connectivity index (χ2n) is 13.2. The van der Waals surface area contributed by atoms with Crippen LogP contribution in [-0.2, 0) is 23.9 Å². The standard InChI is InChI=1S/C34H45N5O5/c1-20(2)29-31(41)36-23(5)32(42)39-18-6-7-27(38-39)30(40)35-22(4)26-11-10-25-9-8-24(19-28(25)37-26)14-17-34(33(43)44-29)15-12-21(3)13-16-34/h8-11,14,17,19-23,27,29,38H,6-7,12-13,15-16,18H2,1-5H3,(H,35,40)(H,36,41)/b17-14+/t21-,22-,23+,27+,29+,34+/m1/s1. The molecular weight excluding hydrogens is 558 g/mol. The molecule has 3 amide bonds. The van der Waals surface area contributed by atoms with E-state index >= 15 is 0 Å². The molecule has 2 aliphatic heterocycles. The van der Waals surface area contributed by atoms with Crippen LogP contribution in [0.4, 0.5) is 0 Å². The van der Waals surface area contributed by atoms with Gasteiger partial charge in [-0.2, -0.15) is 0 Å². The lowest BCUT2D eigenvalue weighted by atomic mass is 9.70. The van der Waals surface area contributed by atoms with Crippen LogP contribution in [0.1, 0.15) is 90.4 Å². The van der Waals surface area contributed by atoms with Crippen LogP contribution >= 0.6 is 0 Å². The zero-order chi connectivity index (χ0) is 31.6. The molecule has 1 aromatic heterocycles. The van der Waals surface area contributed by atoms with Crippen LogP contribution in [0.2, 0.25) is 0 Å². The van der Waals surface area contributed by atoms with Gasteiger partial charge in [0, 0.05) is 11.9 Å². The highest BCUT2D eigenvalue weighted by molar-refractivity contribution is 5.92. The summed E-state index contributed by atoms with van der Waals surface area (Å²) in [6.07, 6.45) is 7.02. The van der Waals surface area contributed by atoms with Crippen LogP contribution in [0.15, 0.2) is 36.4 Å². The number of amides is 3. The molecule has 1 saturated heterocycles. The SMILES string of the molecule is CC(C)[C@@H]1OC(=O)[C@]2(/C=C/c3ccc4ccc(nc4c3)[C@@H](C)NC(=O)[C@@H]3CCCN(N3)C(=O)[C@H](C)NC1=O)CC[C@H](C)CC2. The third kappa shape index (κ3) is 6.80. The molecule has 236 valence electrons. The number of nitrogens with zero attached hydrogens (tertiary/aromatic N) is 2. The molecule has 3 heterocycles. The summed E-state index contributed by atoms with van der Waals surface area (Å²) in [4.78, 5) is 58.9. The minimum absolute atomic E-state index is 0.227. The van der Waals surface area contributed by atoms with E-state index in [4.69, 9.17) is 9.72 Å². The van der Waals surface area contributed by atoms with Crippen LogP contribution in [-0.4, -0.2) is 58.4 Å². The number of hydrogen-bond donors (Lipinski definition) is 3. The number of hydrogen-bond acceptors (Lipinski definition) is 7. The highest BCUT2D eigenvalue weighted by atomic mass is 16.5. The Labute approximate surface area is 259 Å². The van der Waals surface area contributed by atoms with E-state index in [2.05, 4.69) is 23.0 Å². The molecule has 3 N–H and O–H groups in total. The Kier molecular flexibility index (Phi) is 9.39. The van der Waals surface area contributed by atoms with E-state index in [-0.39, 0.29) is 23.8 Å². The molecule has 1 spiro atoms. The van der Waals surface area contributed by atoms with E-state index in [1.54, 1.807) is 6.92 Å². The third-order valence-electron chi connectivity index (χ3n) is 9.30. The Morgan fingerprint density at radius 2 is 1.64 bits per heavy atom. The fourth-order valence-electron chi connectivity index (χ4n) is 6.30. The monoisotopic (exact) mass is 603 g/mol. The van der Waals surface area contributed by atoms with Gasteiger partial charge in [0.1, 0.15) is 12.1 Å². The number of pyridine rings is 1. The van der Waals surface area contributed by atoms with Crippen molar-refractivity contribution in [3.63, 3.8) is 0 Å². The maximum atomic E-state index is 14.0. The van der Waals surface area contributed by atoms with Gasteiger partial charge in [0.05, 0.1) is 22.7 Å². The van der Waals surface area contributed by atoms with Crippen LogP contribution in [0, 0.1) is 17.3 Å². The Hall–Kier alpha value is -3.79. The smallest absolute Gasteiger partial charge is 0.316 e. The van der Waals surface area contributed by atoms with Crippen LogP contribution in [0.25, 0.3) is 17.0 Å². The van der Waals surface area contributed by atoms with Crippen LogP contribution in [0.3, 0.4) is 0 Å². The number of aromatic nitrogens is 1. The Balaban J connectivity index is 1.53. The summed E-state index contributed by atoms with van der Waals surface area (Å²) < 4.78 is 6.01. The molecule has 10 nitrogen and oxygen atoms in total. The summed E-state index contributed by atoms with van der Waals surface area (Å²) >= 11 is 0. The van der Waals surface area contributed by atoms with Gasteiger partial charge in [0.15, 0.2) is 6.10 Å². The van der Waals surface area contributed by atoms with E-state index in [1.807, 2.05) is 63.3 Å². The Bertz CT molecular complexity index is 1450. The zero-order valence-electron chi connectivity index (χ0n) is 26.4. The zero-order valence-corrected chi connectivity index (χ0v) is 26.4. The summed E-state index contributed by atoms with van der Waals surface area (Å²) in [6, 6.07) is 8.01. The van der Waals surface area contributed by atoms with Crippen LogP contribution < -0.4 is 16.1 Å². The van der Waals surface area contributed by atoms with Gasteiger partial charge >= 0.3 is 5.97 Å². The van der Waals surface area contributed by atoms with Crippen molar-refractivity contribution in [3.8, 4) is 0 Å². The first-order chi connectivity index (χ1) is 21.0. The Morgan fingerprint density at radius 3 is 2.36 bits per heavy atom. The predicted molar refractivity (Wildman–Crippen MR) is 168 cm³/mol. The van der Waals surface area contributed by atoms with Gasteiger partial charge in [-0.1, -0.05) is 51.1 Å². The maximum Gasteiger partial charge on any atom is 0.316 e. The summed E-state index contributed by atoms with van der Waals surface area (Å²) in [5.41, 5.74) is 4.58. The number of cyclic esters (lactones) is 1. The number of fused-ring (bicyclic) bond motifs is 4. The number of ether oxygens (including phenoxy) is 1. The maximum absolute atomic E-state index is 14.0.